The average Bonchev–Trinajstić information content (AvgIpc) is 3.10. The molecule has 0 aliphatic heterocycles. The molecule has 0 aliphatic rings. The summed E-state index contributed by atoms with van der Waals surface area (Å²) >= 11 is 0. The number of anilines is 1. The summed E-state index contributed by atoms with van der Waals surface area (Å²) in [5.41, 5.74) is 0.485. The third-order valence-corrected chi connectivity index (χ3v) is 7.17. The molecule has 0 bridgehead atoms. The zero-order chi connectivity index (χ0) is 35.3. The second-order valence-corrected chi connectivity index (χ2v) is 10.7. The minimum absolute atomic E-state index is 0.0198. The lowest BCUT2D eigenvalue weighted by atomic mass is 10.0. The van der Waals surface area contributed by atoms with Crippen molar-refractivity contribution in [3.63, 3.8) is 0 Å². The van der Waals surface area contributed by atoms with E-state index >= 15 is 0 Å². The van der Waals surface area contributed by atoms with Gasteiger partial charge in [0.2, 0.25) is 11.8 Å². The molecule has 0 aromatic heterocycles. The smallest absolute Gasteiger partial charge is 0.329 e. The molecule has 0 heterocycles. The number of benzene rings is 4. The summed E-state index contributed by atoms with van der Waals surface area (Å²) < 4.78 is 5.47. The SMILES string of the molecule is O=C(CNc1ccc([N+](=O)[O-])cc1[N+](=O)[O-])N[C@@H](Cc1ccccc1)C(=O)N[C@H](Cc1ccccc1)C(=O)OCc1ccc([N+](=O)[O-])cc1. The van der Waals surface area contributed by atoms with Crippen molar-refractivity contribution < 1.29 is 33.9 Å². The van der Waals surface area contributed by atoms with E-state index in [1.165, 1.54) is 24.3 Å². The molecule has 0 saturated carbocycles. The van der Waals surface area contributed by atoms with Crippen LogP contribution >= 0.6 is 0 Å². The van der Waals surface area contributed by atoms with E-state index in [2.05, 4.69) is 16.0 Å². The molecule has 49 heavy (non-hydrogen) atoms. The molecule has 4 aromatic rings. The predicted molar refractivity (Wildman–Crippen MR) is 175 cm³/mol. The quantitative estimate of drug-likeness (QED) is 0.0876. The maximum Gasteiger partial charge on any atom is 0.329 e. The average molecular weight is 671 g/mol. The van der Waals surface area contributed by atoms with Crippen LogP contribution in [0.4, 0.5) is 22.7 Å². The fourth-order valence-corrected chi connectivity index (χ4v) is 4.70. The van der Waals surface area contributed by atoms with Crippen molar-refractivity contribution in [2.45, 2.75) is 31.5 Å². The molecule has 3 N–H and O–H groups in total. The first-order valence-electron chi connectivity index (χ1n) is 14.7. The Kier molecular flexibility index (Phi) is 12.0. The van der Waals surface area contributed by atoms with Crippen molar-refractivity contribution in [1.82, 2.24) is 10.6 Å². The van der Waals surface area contributed by atoms with Crippen molar-refractivity contribution in [3.05, 3.63) is 150 Å². The van der Waals surface area contributed by atoms with E-state index in [-0.39, 0.29) is 30.8 Å². The van der Waals surface area contributed by atoms with Gasteiger partial charge in [0.05, 0.1) is 27.4 Å². The molecule has 252 valence electrons. The van der Waals surface area contributed by atoms with Crippen LogP contribution in [0.2, 0.25) is 0 Å². The van der Waals surface area contributed by atoms with Crippen molar-refractivity contribution in [1.29, 1.82) is 0 Å². The largest absolute Gasteiger partial charge is 0.459 e. The van der Waals surface area contributed by atoms with E-state index in [4.69, 9.17) is 4.74 Å². The van der Waals surface area contributed by atoms with Crippen molar-refractivity contribution in [2.24, 2.45) is 0 Å². The Morgan fingerprint density at radius 2 is 1.18 bits per heavy atom. The zero-order valence-corrected chi connectivity index (χ0v) is 25.7. The van der Waals surface area contributed by atoms with Crippen LogP contribution in [0.5, 0.6) is 0 Å². The highest BCUT2D eigenvalue weighted by molar-refractivity contribution is 5.92. The first-order chi connectivity index (χ1) is 23.5. The van der Waals surface area contributed by atoms with E-state index in [0.29, 0.717) is 16.7 Å². The number of nitro groups is 3. The third kappa shape index (κ3) is 10.4. The monoisotopic (exact) mass is 670 g/mol. The number of nitrogens with one attached hydrogen (secondary N) is 3. The van der Waals surface area contributed by atoms with Gasteiger partial charge in [0.1, 0.15) is 24.4 Å². The lowest BCUT2D eigenvalue weighted by molar-refractivity contribution is -0.393. The summed E-state index contributed by atoms with van der Waals surface area (Å²) in [4.78, 5) is 71.4. The lowest BCUT2D eigenvalue weighted by Crippen LogP contribution is -2.54. The van der Waals surface area contributed by atoms with Gasteiger partial charge in [-0.05, 0) is 34.9 Å². The number of hydrogen-bond donors (Lipinski definition) is 3. The molecule has 4 aromatic carbocycles. The van der Waals surface area contributed by atoms with Gasteiger partial charge >= 0.3 is 5.97 Å². The number of nitrogens with zero attached hydrogens (tertiary/aromatic N) is 3. The second-order valence-electron chi connectivity index (χ2n) is 10.7. The molecule has 0 aliphatic carbocycles. The van der Waals surface area contributed by atoms with Crippen LogP contribution in [0.15, 0.2) is 103 Å². The number of hydrogen-bond acceptors (Lipinski definition) is 11. The van der Waals surface area contributed by atoms with Gasteiger partial charge in [-0.15, -0.1) is 0 Å². The van der Waals surface area contributed by atoms with Gasteiger partial charge in [-0.1, -0.05) is 60.7 Å². The van der Waals surface area contributed by atoms with Crippen LogP contribution in [0.3, 0.4) is 0 Å². The summed E-state index contributed by atoms with van der Waals surface area (Å²) in [5, 5.41) is 41.4. The molecular formula is C33H30N6O10. The summed E-state index contributed by atoms with van der Waals surface area (Å²) in [5.74, 6) is -2.23. The van der Waals surface area contributed by atoms with Crippen molar-refractivity contribution in [2.75, 3.05) is 11.9 Å². The van der Waals surface area contributed by atoms with Crippen LogP contribution in [-0.4, -0.2) is 51.2 Å². The first kappa shape index (κ1) is 35.1. The second kappa shape index (κ2) is 16.7. The van der Waals surface area contributed by atoms with Gasteiger partial charge < -0.3 is 20.7 Å². The van der Waals surface area contributed by atoms with E-state index < -0.39 is 62.6 Å². The number of rotatable bonds is 16. The molecule has 0 fully saturated rings. The Balaban J connectivity index is 1.50. The minimum atomic E-state index is -1.20. The van der Waals surface area contributed by atoms with Gasteiger partial charge in [0.15, 0.2) is 0 Å². The highest BCUT2D eigenvalue weighted by Gasteiger charge is 2.29. The van der Waals surface area contributed by atoms with E-state index in [0.717, 1.165) is 18.2 Å². The normalized spacial score (nSPS) is 11.8. The lowest BCUT2D eigenvalue weighted by Gasteiger charge is -2.23. The maximum absolute atomic E-state index is 13.7. The topological polar surface area (TPSA) is 226 Å². The minimum Gasteiger partial charge on any atom is -0.459 e. The number of amides is 2. The molecule has 0 radical (unpaired) electrons. The Hall–Kier alpha value is -6.71. The third-order valence-electron chi connectivity index (χ3n) is 7.17. The maximum atomic E-state index is 13.7. The number of esters is 1. The van der Waals surface area contributed by atoms with Gasteiger partial charge in [-0.25, -0.2) is 4.79 Å². The Labute approximate surface area is 278 Å². The van der Waals surface area contributed by atoms with Crippen LogP contribution in [0, 0.1) is 30.3 Å². The van der Waals surface area contributed by atoms with E-state index in [1.54, 1.807) is 60.7 Å². The summed E-state index contributed by atoms with van der Waals surface area (Å²) in [6.45, 7) is -0.745. The highest BCUT2D eigenvalue weighted by atomic mass is 16.6. The number of nitro benzene ring substituents is 3. The summed E-state index contributed by atoms with van der Waals surface area (Å²) in [7, 11) is 0. The number of non-ortho nitro benzene ring substituents is 2. The fraction of sp³-hybridized carbons (Fsp3) is 0.182. The Morgan fingerprint density at radius 3 is 1.73 bits per heavy atom. The zero-order valence-electron chi connectivity index (χ0n) is 25.7. The molecule has 16 heteroatoms. The van der Waals surface area contributed by atoms with Crippen LogP contribution < -0.4 is 16.0 Å². The molecule has 2 amide bonds. The molecule has 0 spiro atoms. The number of ether oxygens (including phenoxy) is 1. The van der Waals surface area contributed by atoms with Crippen molar-refractivity contribution >= 4 is 40.5 Å². The van der Waals surface area contributed by atoms with Crippen LogP contribution in [0.1, 0.15) is 16.7 Å². The van der Waals surface area contributed by atoms with Gasteiger partial charge in [-0.3, -0.25) is 39.9 Å². The van der Waals surface area contributed by atoms with E-state index in [9.17, 15) is 44.7 Å². The molecular weight excluding hydrogens is 640 g/mol. The van der Waals surface area contributed by atoms with Crippen molar-refractivity contribution in [3.8, 4) is 0 Å². The van der Waals surface area contributed by atoms with Gasteiger partial charge in [0, 0.05) is 31.0 Å². The summed E-state index contributed by atoms with van der Waals surface area (Å²) in [6.07, 6.45) is 0.0645. The number of carbonyl (C=O) groups is 3. The van der Waals surface area contributed by atoms with Gasteiger partial charge in [0.25, 0.3) is 17.1 Å². The summed E-state index contributed by atoms with van der Waals surface area (Å²) in [6, 6.07) is 23.5. The Morgan fingerprint density at radius 1 is 0.633 bits per heavy atom. The molecule has 0 unspecified atom stereocenters. The highest BCUT2D eigenvalue weighted by Crippen LogP contribution is 2.28. The molecule has 0 saturated heterocycles. The molecule has 4 rings (SSSR count). The Bertz CT molecular complexity index is 1820. The van der Waals surface area contributed by atoms with Crippen LogP contribution in [0.25, 0.3) is 0 Å². The molecule has 2 atom stereocenters. The number of carbonyl (C=O) groups excluding carboxylic acids is 3. The first-order valence-corrected chi connectivity index (χ1v) is 14.7. The fourth-order valence-electron chi connectivity index (χ4n) is 4.70. The molecule has 16 nitrogen and oxygen atoms in total. The predicted octanol–water partition coefficient (Wildman–Crippen LogP) is 4.02. The van der Waals surface area contributed by atoms with Gasteiger partial charge in [-0.2, -0.15) is 0 Å². The van der Waals surface area contributed by atoms with E-state index in [1.807, 2.05) is 0 Å². The standard InChI is InChI=1S/C33H30N6O10/c40-31(20-34-27-16-15-26(38(45)46)19-30(27)39(47)48)35-28(17-22-7-3-1-4-8-22)32(41)36-29(18-23-9-5-2-6-10-23)33(42)49-21-24-11-13-25(14-12-24)37(43)44/h1-16,19,28-29,34H,17-18,20-21H2,(H,35,40)(H,36,41)/t28-,29+/m0/s1. The van der Waals surface area contributed by atoms with Crippen LogP contribution in [-0.2, 0) is 38.6 Å².